The fourth-order valence-electron chi connectivity index (χ4n) is 3.78. The molecule has 0 bridgehead atoms. The zero-order valence-corrected chi connectivity index (χ0v) is 16.3. The number of anilines is 1. The highest BCUT2D eigenvalue weighted by Crippen LogP contribution is 2.50. The topological polar surface area (TPSA) is 42.0 Å². The van der Waals surface area contributed by atoms with Gasteiger partial charge in [0.2, 0.25) is 5.91 Å². The van der Waals surface area contributed by atoms with Crippen LogP contribution in [0, 0.1) is 24.1 Å². The Bertz CT molecular complexity index is 1010. The summed E-state index contributed by atoms with van der Waals surface area (Å²) in [7, 11) is 0. The number of aromatic nitrogens is 1. The van der Waals surface area contributed by atoms with Crippen LogP contribution in [0.25, 0.3) is 10.9 Å². The predicted molar refractivity (Wildman–Crippen MR) is 111 cm³/mol. The Labute approximate surface area is 165 Å². The summed E-state index contributed by atoms with van der Waals surface area (Å²) >= 11 is 0. The first-order valence-electron chi connectivity index (χ1n) is 9.84. The number of hydrogen-bond acceptors (Lipinski definition) is 2. The SMILES string of the molecule is Cc1nc2c(F)cccc2cc1NC(=O)C(Cc1ccccc1)CC1(C)CC1. The summed E-state index contributed by atoms with van der Waals surface area (Å²) in [4.78, 5) is 17.5. The second-order valence-electron chi connectivity index (χ2n) is 8.32. The molecule has 1 atom stereocenters. The average molecular weight is 376 g/mol. The van der Waals surface area contributed by atoms with Crippen molar-refractivity contribution >= 4 is 22.5 Å². The molecule has 1 N–H and O–H groups in total. The number of hydrogen-bond donors (Lipinski definition) is 1. The van der Waals surface area contributed by atoms with E-state index in [2.05, 4.69) is 29.4 Å². The highest BCUT2D eigenvalue weighted by atomic mass is 19.1. The number of amides is 1. The quantitative estimate of drug-likeness (QED) is 0.602. The van der Waals surface area contributed by atoms with E-state index >= 15 is 0 Å². The Hall–Kier alpha value is -2.75. The van der Waals surface area contributed by atoms with Crippen LogP contribution in [-0.2, 0) is 11.2 Å². The van der Waals surface area contributed by atoms with Gasteiger partial charge in [0.15, 0.2) is 0 Å². The van der Waals surface area contributed by atoms with Gasteiger partial charge in [0.1, 0.15) is 11.3 Å². The molecule has 1 fully saturated rings. The molecule has 1 heterocycles. The third-order valence-corrected chi connectivity index (χ3v) is 5.78. The Morgan fingerprint density at radius 2 is 1.93 bits per heavy atom. The maximum Gasteiger partial charge on any atom is 0.227 e. The van der Waals surface area contributed by atoms with E-state index in [9.17, 15) is 9.18 Å². The van der Waals surface area contributed by atoms with E-state index in [1.165, 1.54) is 24.5 Å². The van der Waals surface area contributed by atoms with Gasteiger partial charge in [-0.25, -0.2) is 9.37 Å². The molecule has 4 rings (SSSR count). The monoisotopic (exact) mass is 376 g/mol. The number of pyridine rings is 1. The summed E-state index contributed by atoms with van der Waals surface area (Å²) in [5, 5.41) is 3.76. The Morgan fingerprint density at radius 3 is 2.64 bits per heavy atom. The summed E-state index contributed by atoms with van der Waals surface area (Å²) < 4.78 is 14.0. The lowest BCUT2D eigenvalue weighted by atomic mass is 9.87. The third-order valence-electron chi connectivity index (χ3n) is 5.78. The van der Waals surface area contributed by atoms with Crippen LogP contribution in [-0.4, -0.2) is 10.9 Å². The molecule has 3 nitrogen and oxygen atoms in total. The number of carbonyl (C=O) groups is 1. The van der Waals surface area contributed by atoms with Crippen LogP contribution in [0.2, 0.25) is 0 Å². The summed E-state index contributed by atoms with van der Waals surface area (Å²) in [5.74, 6) is -0.433. The Morgan fingerprint density at radius 1 is 1.18 bits per heavy atom. The second-order valence-corrected chi connectivity index (χ2v) is 8.32. The van der Waals surface area contributed by atoms with E-state index in [-0.39, 0.29) is 23.1 Å². The number of aryl methyl sites for hydroxylation is 1. The predicted octanol–water partition coefficient (Wildman–Crippen LogP) is 5.67. The van der Waals surface area contributed by atoms with Gasteiger partial charge >= 0.3 is 0 Å². The van der Waals surface area contributed by atoms with E-state index in [4.69, 9.17) is 0 Å². The van der Waals surface area contributed by atoms with Gasteiger partial charge in [-0.2, -0.15) is 0 Å². The highest BCUT2D eigenvalue weighted by molar-refractivity contribution is 5.95. The van der Waals surface area contributed by atoms with Gasteiger partial charge < -0.3 is 5.32 Å². The molecule has 3 aromatic rings. The molecule has 144 valence electrons. The van der Waals surface area contributed by atoms with Gasteiger partial charge in [-0.15, -0.1) is 0 Å². The molecule has 4 heteroatoms. The van der Waals surface area contributed by atoms with Gasteiger partial charge in [0.05, 0.1) is 11.4 Å². The van der Waals surface area contributed by atoms with Crippen LogP contribution in [0.1, 0.15) is 37.4 Å². The van der Waals surface area contributed by atoms with Crippen LogP contribution < -0.4 is 5.32 Å². The molecule has 1 aliphatic carbocycles. The van der Waals surface area contributed by atoms with Crippen LogP contribution >= 0.6 is 0 Å². The molecule has 1 aliphatic rings. The van der Waals surface area contributed by atoms with Crippen molar-refractivity contribution in [2.75, 3.05) is 5.32 Å². The minimum Gasteiger partial charge on any atom is -0.324 e. The number of benzene rings is 2. The summed E-state index contributed by atoms with van der Waals surface area (Å²) in [6.07, 6.45) is 3.96. The molecular weight excluding hydrogens is 351 g/mol. The van der Waals surface area contributed by atoms with E-state index < -0.39 is 0 Å². The van der Waals surface area contributed by atoms with Crippen molar-refractivity contribution in [3.63, 3.8) is 0 Å². The summed E-state index contributed by atoms with van der Waals surface area (Å²) in [5.41, 5.74) is 3.06. The van der Waals surface area contributed by atoms with Crippen LogP contribution in [0.15, 0.2) is 54.6 Å². The Kier molecular flexibility index (Phi) is 4.88. The minimum atomic E-state index is -0.345. The van der Waals surface area contributed by atoms with Crippen LogP contribution in [0.3, 0.4) is 0 Å². The molecule has 1 unspecified atom stereocenters. The second kappa shape index (κ2) is 7.34. The van der Waals surface area contributed by atoms with Crippen molar-refractivity contribution in [3.8, 4) is 0 Å². The number of carbonyl (C=O) groups excluding carboxylic acids is 1. The van der Waals surface area contributed by atoms with E-state index in [1.807, 2.05) is 30.3 Å². The summed E-state index contributed by atoms with van der Waals surface area (Å²) in [6.45, 7) is 4.06. The molecule has 1 amide bonds. The molecule has 0 spiro atoms. The van der Waals surface area contributed by atoms with Crippen molar-refractivity contribution in [3.05, 3.63) is 71.7 Å². The van der Waals surface area contributed by atoms with E-state index in [1.54, 1.807) is 13.0 Å². The number of rotatable bonds is 6. The van der Waals surface area contributed by atoms with E-state index in [0.29, 0.717) is 22.3 Å². The first-order chi connectivity index (χ1) is 13.4. The van der Waals surface area contributed by atoms with Gasteiger partial charge in [-0.3, -0.25) is 4.79 Å². The van der Waals surface area contributed by atoms with Gasteiger partial charge in [-0.05, 0) is 55.7 Å². The number of halogens is 1. The zero-order chi connectivity index (χ0) is 19.7. The van der Waals surface area contributed by atoms with E-state index in [0.717, 1.165) is 12.8 Å². The molecule has 0 radical (unpaired) electrons. The maximum absolute atomic E-state index is 14.0. The minimum absolute atomic E-state index is 0.0117. The first-order valence-corrected chi connectivity index (χ1v) is 9.84. The van der Waals surface area contributed by atoms with Crippen molar-refractivity contribution in [1.82, 2.24) is 4.98 Å². The molecule has 1 saturated carbocycles. The molecule has 2 aromatic carbocycles. The first kappa shape index (κ1) is 18.6. The van der Waals surface area contributed by atoms with Crippen molar-refractivity contribution < 1.29 is 9.18 Å². The lowest BCUT2D eigenvalue weighted by Crippen LogP contribution is -2.27. The smallest absolute Gasteiger partial charge is 0.227 e. The normalized spacial score (nSPS) is 16.0. The van der Waals surface area contributed by atoms with Crippen molar-refractivity contribution in [1.29, 1.82) is 0 Å². The molecular formula is C24H25FN2O. The molecule has 28 heavy (non-hydrogen) atoms. The Balaban J connectivity index is 1.58. The van der Waals surface area contributed by atoms with Crippen molar-refractivity contribution in [2.24, 2.45) is 11.3 Å². The number of nitrogens with zero attached hydrogens (tertiary/aromatic N) is 1. The van der Waals surface area contributed by atoms with Gasteiger partial charge in [0, 0.05) is 11.3 Å². The largest absolute Gasteiger partial charge is 0.324 e. The van der Waals surface area contributed by atoms with Crippen LogP contribution in [0.4, 0.5) is 10.1 Å². The number of para-hydroxylation sites is 1. The third kappa shape index (κ3) is 4.06. The van der Waals surface area contributed by atoms with Gasteiger partial charge in [-0.1, -0.05) is 49.4 Å². The summed E-state index contributed by atoms with van der Waals surface area (Å²) in [6, 6.07) is 16.8. The fourth-order valence-corrected chi connectivity index (χ4v) is 3.78. The van der Waals surface area contributed by atoms with Crippen LogP contribution in [0.5, 0.6) is 0 Å². The molecule has 0 saturated heterocycles. The zero-order valence-electron chi connectivity index (χ0n) is 16.3. The maximum atomic E-state index is 14.0. The average Bonchev–Trinajstić information content (AvgIpc) is 3.40. The van der Waals surface area contributed by atoms with Gasteiger partial charge in [0.25, 0.3) is 0 Å². The molecule has 0 aliphatic heterocycles. The lowest BCUT2D eigenvalue weighted by molar-refractivity contribution is -0.120. The van der Waals surface area contributed by atoms with Crippen molar-refractivity contribution in [2.45, 2.75) is 39.5 Å². The number of fused-ring (bicyclic) bond motifs is 1. The lowest BCUT2D eigenvalue weighted by Gasteiger charge is -2.21. The highest BCUT2D eigenvalue weighted by Gasteiger charge is 2.40. The molecule has 1 aromatic heterocycles. The standard InChI is InChI=1S/C24H25FN2O/c1-16-21(14-18-9-6-10-20(25)22(18)26-16)27-23(28)19(15-24(2)11-12-24)13-17-7-4-3-5-8-17/h3-10,14,19H,11-13,15H2,1-2H3,(H,27,28). The fraction of sp³-hybridized carbons (Fsp3) is 0.333. The number of nitrogens with one attached hydrogen (secondary N) is 1.